The minimum Gasteiger partial charge on any atom is -0.409 e. The van der Waals surface area contributed by atoms with Crippen molar-refractivity contribution in [2.75, 3.05) is 13.2 Å². The largest absolute Gasteiger partial charge is 0.409 e. The molecule has 1 aliphatic rings. The summed E-state index contributed by atoms with van der Waals surface area (Å²) >= 11 is 0. The number of nitrogens with zero attached hydrogens (tertiary/aromatic N) is 1. The number of oxime groups is 1. The van der Waals surface area contributed by atoms with Crippen LogP contribution in [0, 0.1) is 5.41 Å². The predicted octanol–water partition coefficient (Wildman–Crippen LogP) is -0.336. The lowest BCUT2D eigenvalue weighted by atomic mass is 9.90. The first-order chi connectivity index (χ1) is 6.98. The van der Waals surface area contributed by atoms with Gasteiger partial charge in [0.1, 0.15) is 5.41 Å². The fourth-order valence-electron chi connectivity index (χ4n) is 1.26. The third-order valence-corrected chi connectivity index (χ3v) is 2.58. The van der Waals surface area contributed by atoms with E-state index in [2.05, 4.69) is 10.5 Å². The van der Waals surface area contributed by atoms with E-state index in [0.29, 0.717) is 13.2 Å². The van der Waals surface area contributed by atoms with Crippen LogP contribution in [0.2, 0.25) is 0 Å². The smallest absolute Gasteiger partial charge is 0.233 e. The molecule has 0 aromatic carbocycles. The number of rotatable bonds is 3. The molecule has 6 nitrogen and oxygen atoms in total. The number of hydrogen-bond acceptors (Lipinski definition) is 4. The Morgan fingerprint density at radius 2 is 2.33 bits per heavy atom. The molecule has 1 heterocycles. The maximum atomic E-state index is 11.8. The molecule has 1 saturated heterocycles. The van der Waals surface area contributed by atoms with E-state index >= 15 is 0 Å². The van der Waals surface area contributed by atoms with E-state index in [9.17, 15) is 4.79 Å². The van der Waals surface area contributed by atoms with Gasteiger partial charge >= 0.3 is 0 Å². The summed E-state index contributed by atoms with van der Waals surface area (Å²) in [6, 6.07) is 0.0308. The van der Waals surface area contributed by atoms with Crippen molar-refractivity contribution in [2.24, 2.45) is 16.3 Å². The van der Waals surface area contributed by atoms with E-state index < -0.39 is 5.41 Å². The summed E-state index contributed by atoms with van der Waals surface area (Å²) in [5.74, 6) is -0.354. The van der Waals surface area contributed by atoms with Gasteiger partial charge in [0.05, 0.1) is 12.6 Å². The quantitative estimate of drug-likeness (QED) is 0.260. The average molecular weight is 215 g/mol. The van der Waals surface area contributed by atoms with E-state index in [4.69, 9.17) is 15.7 Å². The predicted molar refractivity (Wildman–Crippen MR) is 54.6 cm³/mol. The fourth-order valence-corrected chi connectivity index (χ4v) is 1.26. The molecule has 4 N–H and O–H groups in total. The van der Waals surface area contributed by atoms with E-state index in [1.807, 2.05) is 0 Å². The Morgan fingerprint density at radius 1 is 1.67 bits per heavy atom. The number of hydrogen-bond donors (Lipinski definition) is 3. The van der Waals surface area contributed by atoms with Gasteiger partial charge in [-0.3, -0.25) is 4.79 Å². The molecule has 0 spiro atoms. The molecule has 0 bridgehead atoms. The molecular weight excluding hydrogens is 198 g/mol. The van der Waals surface area contributed by atoms with Crippen LogP contribution >= 0.6 is 0 Å². The Labute approximate surface area is 88.5 Å². The van der Waals surface area contributed by atoms with Gasteiger partial charge in [-0.1, -0.05) is 5.16 Å². The van der Waals surface area contributed by atoms with Gasteiger partial charge < -0.3 is 21.0 Å². The molecule has 1 aliphatic heterocycles. The van der Waals surface area contributed by atoms with Gasteiger partial charge in [-0.15, -0.1) is 0 Å². The Morgan fingerprint density at radius 3 is 2.80 bits per heavy atom. The molecule has 6 heteroatoms. The van der Waals surface area contributed by atoms with E-state index in [0.717, 1.165) is 6.42 Å². The van der Waals surface area contributed by atoms with Gasteiger partial charge in [0.15, 0.2) is 5.84 Å². The van der Waals surface area contributed by atoms with Gasteiger partial charge in [0.2, 0.25) is 5.91 Å². The maximum Gasteiger partial charge on any atom is 0.233 e. The Hall–Kier alpha value is -1.30. The molecule has 0 saturated carbocycles. The second-order valence-electron chi connectivity index (χ2n) is 4.14. The minimum atomic E-state index is -1.00. The number of nitrogens with one attached hydrogen (secondary N) is 1. The molecule has 15 heavy (non-hydrogen) atoms. The molecule has 1 atom stereocenters. The fraction of sp³-hybridized carbons (Fsp3) is 0.778. The Kier molecular flexibility index (Phi) is 3.52. The van der Waals surface area contributed by atoms with Crippen molar-refractivity contribution in [3.8, 4) is 0 Å². The van der Waals surface area contributed by atoms with Crippen molar-refractivity contribution in [1.82, 2.24) is 5.32 Å². The van der Waals surface area contributed by atoms with Gasteiger partial charge in [0.25, 0.3) is 0 Å². The summed E-state index contributed by atoms with van der Waals surface area (Å²) in [7, 11) is 0. The van der Waals surface area contributed by atoms with Crippen LogP contribution in [0.4, 0.5) is 0 Å². The SMILES string of the molecule is CC(C)(C(=O)NC1CCOC1)C(N)=NO. The van der Waals surface area contributed by atoms with Gasteiger partial charge in [-0.25, -0.2) is 0 Å². The van der Waals surface area contributed by atoms with Crippen LogP contribution in [0.1, 0.15) is 20.3 Å². The highest BCUT2D eigenvalue weighted by Gasteiger charge is 2.34. The highest BCUT2D eigenvalue weighted by molar-refractivity contribution is 6.05. The molecule has 1 unspecified atom stereocenters. The number of carbonyl (C=O) groups excluding carboxylic acids is 1. The van der Waals surface area contributed by atoms with Gasteiger partial charge in [-0.2, -0.15) is 0 Å². The molecule has 0 aromatic rings. The second kappa shape index (κ2) is 4.48. The minimum absolute atomic E-state index is 0.0308. The standard InChI is InChI=1S/C9H17N3O3/c1-9(2,7(10)12-14)8(13)11-6-3-4-15-5-6/h6,14H,3-5H2,1-2H3,(H2,10,12)(H,11,13). The lowest BCUT2D eigenvalue weighted by Crippen LogP contribution is -2.49. The molecular formula is C9H17N3O3. The number of carbonyl (C=O) groups is 1. The Balaban J connectivity index is 2.58. The highest BCUT2D eigenvalue weighted by atomic mass is 16.5. The van der Waals surface area contributed by atoms with Crippen LogP contribution in [0.5, 0.6) is 0 Å². The Bertz CT molecular complexity index is 270. The summed E-state index contributed by atoms with van der Waals surface area (Å²) in [6.07, 6.45) is 0.804. The van der Waals surface area contributed by atoms with Crippen LogP contribution in [-0.2, 0) is 9.53 Å². The van der Waals surface area contributed by atoms with Crippen LogP contribution in [-0.4, -0.2) is 36.2 Å². The molecule has 1 amide bonds. The summed E-state index contributed by atoms with van der Waals surface area (Å²) in [5, 5.41) is 14.2. The first-order valence-electron chi connectivity index (χ1n) is 4.85. The van der Waals surface area contributed by atoms with Crippen LogP contribution in [0.15, 0.2) is 5.16 Å². The lowest BCUT2D eigenvalue weighted by Gasteiger charge is -2.23. The van der Waals surface area contributed by atoms with Crippen molar-refractivity contribution in [3.63, 3.8) is 0 Å². The number of amides is 1. The zero-order valence-electron chi connectivity index (χ0n) is 8.99. The number of amidine groups is 1. The first-order valence-corrected chi connectivity index (χ1v) is 4.85. The molecule has 1 rings (SSSR count). The molecule has 86 valence electrons. The molecule has 0 radical (unpaired) electrons. The van der Waals surface area contributed by atoms with Gasteiger partial charge in [-0.05, 0) is 20.3 Å². The number of nitrogens with two attached hydrogens (primary N) is 1. The highest BCUT2D eigenvalue weighted by Crippen LogP contribution is 2.16. The second-order valence-corrected chi connectivity index (χ2v) is 4.14. The van der Waals surface area contributed by atoms with Crippen LogP contribution in [0.25, 0.3) is 0 Å². The normalized spacial score (nSPS) is 22.8. The zero-order valence-corrected chi connectivity index (χ0v) is 8.99. The van der Waals surface area contributed by atoms with Crippen molar-refractivity contribution < 1.29 is 14.7 Å². The van der Waals surface area contributed by atoms with Crippen molar-refractivity contribution in [3.05, 3.63) is 0 Å². The zero-order chi connectivity index (χ0) is 11.5. The molecule has 0 aromatic heterocycles. The summed E-state index contributed by atoms with van der Waals surface area (Å²) in [6.45, 7) is 4.40. The molecule has 1 fully saturated rings. The van der Waals surface area contributed by atoms with Crippen LogP contribution in [0.3, 0.4) is 0 Å². The third-order valence-electron chi connectivity index (χ3n) is 2.58. The third kappa shape index (κ3) is 2.59. The first kappa shape index (κ1) is 11.8. The van der Waals surface area contributed by atoms with Crippen molar-refractivity contribution in [1.29, 1.82) is 0 Å². The summed E-state index contributed by atoms with van der Waals surface area (Å²) in [4.78, 5) is 11.8. The van der Waals surface area contributed by atoms with Crippen molar-refractivity contribution >= 4 is 11.7 Å². The summed E-state index contributed by atoms with van der Waals surface area (Å²) < 4.78 is 5.13. The van der Waals surface area contributed by atoms with E-state index in [1.54, 1.807) is 13.8 Å². The topological polar surface area (TPSA) is 96.9 Å². The maximum absolute atomic E-state index is 11.8. The van der Waals surface area contributed by atoms with E-state index in [-0.39, 0.29) is 17.8 Å². The van der Waals surface area contributed by atoms with Gasteiger partial charge in [0, 0.05) is 6.61 Å². The number of ether oxygens (including phenoxy) is 1. The molecule has 0 aliphatic carbocycles. The van der Waals surface area contributed by atoms with Crippen molar-refractivity contribution in [2.45, 2.75) is 26.3 Å². The van der Waals surface area contributed by atoms with Crippen LogP contribution < -0.4 is 11.1 Å². The monoisotopic (exact) mass is 215 g/mol. The lowest BCUT2D eigenvalue weighted by molar-refractivity contribution is -0.127. The summed E-state index contributed by atoms with van der Waals surface area (Å²) in [5.41, 5.74) is 4.43. The van der Waals surface area contributed by atoms with E-state index in [1.165, 1.54) is 0 Å². The average Bonchev–Trinajstić information content (AvgIpc) is 2.68.